The molecule has 0 bridgehead atoms. The summed E-state index contributed by atoms with van der Waals surface area (Å²) in [4.78, 5) is 4.03. The average molecular weight is 475 g/mol. The van der Waals surface area contributed by atoms with E-state index in [9.17, 15) is 0 Å². The largest absolute Gasteiger partial charge is 0.549 e. The van der Waals surface area contributed by atoms with E-state index in [1.807, 2.05) is 0 Å². The molecule has 0 aromatic heterocycles. The Morgan fingerprint density at radius 2 is 1.63 bits per heavy atom. The van der Waals surface area contributed by atoms with E-state index in [4.69, 9.17) is 5.90 Å². The first-order chi connectivity index (χ1) is 7.36. The first-order valence-electron chi connectivity index (χ1n) is 5.95. The summed E-state index contributed by atoms with van der Waals surface area (Å²) in [5.74, 6) is 6.21. The maximum atomic E-state index is 6.21. The SMILES string of the molecule is CC1=[C-]C(C)(C)C(C)=C1C.CCCCO[NH-].Cl.Cl.[Hf]. The summed E-state index contributed by atoms with van der Waals surface area (Å²) in [6.07, 6.45) is 5.55. The molecule has 0 atom stereocenters. The summed E-state index contributed by atoms with van der Waals surface area (Å²) >= 11 is 0. The maximum Gasteiger partial charge on any atom is 0.0243 e. The molecule has 5 heteroatoms. The molecule has 1 aliphatic carbocycles. The number of allylic oxidation sites excluding steroid dienone is 4. The fourth-order valence-electron chi connectivity index (χ4n) is 1.62. The van der Waals surface area contributed by atoms with E-state index in [1.165, 1.54) is 16.7 Å². The van der Waals surface area contributed by atoms with Gasteiger partial charge in [0.05, 0.1) is 0 Å². The Balaban J connectivity index is -0.000000112. The molecule has 0 aliphatic heterocycles. The van der Waals surface area contributed by atoms with Crippen molar-refractivity contribution in [3.05, 3.63) is 28.7 Å². The van der Waals surface area contributed by atoms with Crippen LogP contribution in [0.2, 0.25) is 0 Å². The third-order valence-corrected chi connectivity index (χ3v) is 3.16. The summed E-state index contributed by atoms with van der Waals surface area (Å²) in [7, 11) is 0. The summed E-state index contributed by atoms with van der Waals surface area (Å²) in [5, 5.41) is 0. The second kappa shape index (κ2) is 13.8. The molecular formula is C14H27Cl2HfNO-2. The molecule has 0 aromatic rings. The van der Waals surface area contributed by atoms with E-state index >= 15 is 0 Å². The molecule has 0 saturated carbocycles. The van der Waals surface area contributed by atoms with Gasteiger partial charge >= 0.3 is 0 Å². The summed E-state index contributed by atoms with van der Waals surface area (Å²) in [5.41, 5.74) is 4.39. The molecule has 0 heterocycles. The standard InChI is InChI=1S/C10H15.C4H10NO.2ClH.Hf/c1-7-6-10(4,5)9(3)8(7)2;1-2-3-4-6-5;;;/h1-5H3;5H,2-4H2,1H3;2*1H;/q2*-1;;;. The minimum absolute atomic E-state index is 0. The van der Waals surface area contributed by atoms with Gasteiger partial charge in [0.1, 0.15) is 0 Å². The van der Waals surface area contributed by atoms with Crippen LogP contribution in [0.3, 0.4) is 0 Å². The number of unbranched alkanes of at least 4 members (excludes halogenated alkanes) is 1. The van der Waals surface area contributed by atoms with Gasteiger partial charge in [0.15, 0.2) is 0 Å². The van der Waals surface area contributed by atoms with Gasteiger partial charge in [-0.2, -0.15) is 11.1 Å². The third kappa shape index (κ3) is 10.3. The quantitative estimate of drug-likeness (QED) is 0.223. The van der Waals surface area contributed by atoms with Gasteiger partial charge < -0.3 is 10.7 Å². The van der Waals surface area contributed by atoms with Crippen molar-refractivity contribution in [2.45, 2.75) is 54.4 Å². The Bertz CT molecular complexity index is 285. The van der Waals surface area contributed by atoms with Crippen LogP contribution in [0.4, 0.5) is 0 Å². The Morgan fingerprint density at radius 1 is 1.16 bits per heavy atom. The minimum Gasteiger partial charge on any atom is -0.549 e. The molecule has 19 heavy (non-hydrogen) atoms. The number of nitrogens with one attached hydrogen (secondary N) is 1. The topological polar surface area (TPSA) is 33.0 Å². The summed E-state index contributed by atoms with van der Waals surface area (Å²) < 4.78 is 0. The number of hydrogen-bond donors (Lipinski definition) is 0. The van der Waals surface area contributed by atoms with Crippen molar-refractivity contribution < 1.29 is 30.7 Å². The summed E-state index contributed by atoms with van der Waals surface area (Å²) in [6, 6.07) is 0. The smallest absolute Gasteiger partial charge is 0.0243 e. The predicted molar refractivity (Wildman–Crippen MR) is 84.3 cm³/mol. The van der Waals surface area contributed by atoms with Gasteiger partial charge in [-0.15, -0.1) is 31.7 Å². The zero-order valence-electron chi connectivity index (χ0n) is 12.8. The molecule has 1 rings (SSSR count). The minimum atomic E-state index is 0. The van der Waals surface area contributed by atoms with Crippen molar-refractivity contribution in [3.63, 3.8) is 0 Å². The van der Waals surface area contributed by atoms with Gasteiger partial charge in [-0.05, 0) is 6.42 Å². The van der Waals surface area contributed by atoms with Crippen LogP contribution in [0.15, 0.2) is 16.7 Å². The maximum absolute atomic E-state index is 6.21. The molecule has 2 nitrogen and oxygen atoms in total. The van der Waals surface area contributed by atoms with Crippen LogP contribution in [0.5, 0.6) is 0 Å². The zero-order chi connectivity index (χ0) is 12.8. The first kappa shape index (κ1) is 28.1. The van der Waals surface area contributed by atoms with Crippen molar-refractivity contribution in [3.8, 4) is 0 Å². The first-order valence-corrected chi connectivity index (χ1v) is 5.95. The Morgan fingerprint density at radius 3 is 1.74 bits per heavy atom. The van der Waals surface area contributed by atoms with Crippen molar-refractivity contribution in [1.29, 1.82) is 0 Å². The monoisotopic (exact) mass is 475 g/mol. The van der Waals surface area contributed by atoms with Crippen LogP contribution >= 0.6 is 24.8 Å². The second-order valence-electron chi connectivity index (χ2n) is 4.83. The van der Waals surface area contributed by atoms with Crippen molar-refractivity contribution in [2.24, 2.45) is 5.41 Å². The van der Waals surface area contributed by atoms with Crippen molar-refractivity contribution >= 4 is 24.8 Å². The number of rotatable bonds is 3. The van der Waals surface area contributed by atoms with Crippen LogP contribution in [-0.2, 0) is 30.7 Å². The fourth-order valence-corrected chi connectivity index (χ4v) is 1.62. The van der Waals surface area contributed by atoms with Crippen LogP contribution < -0.4 is 0 Å². The molecule has 0 saturated heterocycles. The Hall–Kier alpha value is 0.850. The molecule has 0 spiro atoms. The van der Waals surface area contributed by atoms with Gasteiger partial charge in [-0.3, -0.25) is 6.08 Å². The zero-order valence-corrected chi connectivity index (χ0v) is 18.1. The fraction of sp³-hybridized carbons (Fsp3) is 0.714. The van der Waals surface area contributed by atoms with Crippen LogP contribution in [0.1, 0.15) is 54.4 Å². The normalized spacial score (nSPS) is 15.2. The van der Waals surface area contributed by atoms with E-state index in [0.717, 1.165) is 12.8 Å². The molecule has 0 aromatic carbocycles. The molecular weight excluding hydrogens is 448 g/mol. The Labute approximate surface area is 150 Å². The molecule has 114 valence electrons. The van der Waals surface area contributed by atoms with Gasteiger partial charge in [-0.1, -0.05) is 46.5 Å². The third-order valence-electron chi connectivity index (χ3n) is 3.16. The van der Waals surface area contributed by atoms with Gasteiger partial charge in [0, 0.05) is 32.5 Å². The molecule has 1 N–H and O–H groups in total. The molecule has 0 radical (unpaired) electrons. The van der Waals surface area contributed by atoms with Crippen LogP contribution in [-0.4, -0.2) is 6.61 Å². The second-order valence-corrected chi connectivity index (χ2v) is 4.83. The predicted octanol–water partition coefficient (Wildman–Crippen LogP) is 5.72. The van der Waals surface area contributed by atoms with E-state index < -0.39 is 0 Å². The van der Waals surface area contributed by atoms with Crippen molar-refractivity contribution in [2.75, 3.05) is 6.61 Å². The van der Waals surface area contributed by atoms with Crippen LogP contribution in [0.25, 0.3) is 5.90 Å². The van der Waals surface area contributed by atoms with Gasteiger partial charge in [-0.25, -0.2) is 5.57 Å². The average Bonchev–Trinajstić information content (AvgIpc) is 2.40. The number of halogens is 2. The summed E-state index contributed by atoms with van der Waals surface area (Å²) in [6.45, 7) is 13.6. The molecule has 1 aliphatic rings. The van der Waals surface area contributed by atoms with Crippen molar-refractivity contribution in [1.82, 2.24) is 0 Å². The molecule has 0 fully saturated rings. The van der Waals surface area contributed by atoms with Gasteiger partial charge in [0.25, 0.3) is 0 Å². The van der Waals surface area contributed by atoms with E-state index in [2.05, 4.69) is 52.5 Å². The van der Waals surface area contributed by atoms with Crippen LogP contribution in [0, 0.1) is 11.5 Å². The van der Waals surface area contributed by atoms with E-state index in [1.54, 1.807) is 0 Å². The molecule has 0 unspecified atom stereocenters. The Kier molecular flexibility index (Phi) is 20.4. The number of hydrogen-bond acceptors (Lipinski definition) is 1. The molecule has 0 amide bonds. The van der Waals surface area contributed by atoms with E-state index in [-0.39, 0.29) is 56.1 Å². The van der Waals surface area contributed by atoms with E-state index in [0.29, 0.717) is 6.61 Å². The van der Waals surface area contributed by atoms with Gasteiger partial charge in [0.2, 0.25) is 0 Å².